The molecular formula is C26H32N8O3S. The monoisotopic (exact) mass is 536 g/mol. The predicted molar refractivity (Wildman–Crippen MR) is 146 cm³/mol. The van der Waals surface area contributed by atoms with Crippen molar-refractivity contribution in [1.29, 1.82) is 0 Å². The van der Waals surface area contributed by atoms with Crippen LogP contribution in [0.4, 0.5) is 5.82 Å². The van der Waals surface area contributed by atoms with Gasteiger partial charge in [-0.3, -0.25) is 9.69 Å². The van der Waals surface area contributed by atoms with E-state index >= 15 is 0 Å². The van der Waals surface area contributed by atoms with Crippen molar-refractivity contribution in [3.63, 3.8) is 0 Å². The minimum atomic E-state index is -0.953. The number of piperazine rings is 1. The van der Waals surface area contributed by atoms with E-state index in [9.17, 15) is 9.90 Å². The third-order valence-electron chi connectivity index (χ3n) is 7.28. The van der Waals surface area contributed by atoms with Gasteiger partial charge in [0, 0.05) is 62.5 Å². The number of carbonyl (C=O) groups excluding carboxylic acids is 1. The summed E-state index contributed by atoms with van der Waals surface area (Å²) in [7, 11) is 0. The zero-order valence-electron chi connectivity index (χ0n) is 21.9. The van der Waals surface area contributed by atoms with Crippen LogP contribution in [0.25, 0.3) is 32.8 Å². The summed E-state index contributed by atoms with van der Waals surface area (Å²) in [5, 5.41) is 9.65. The Hall–Kier alpha value is -3.19. The highest BCUT2D eigenvalue weighted by Gasteiger charge is 2.26. The highest BCUT2D eigenvalue weighted by molar-refractivity contribution is 7.19. The van der Waals surface area contributed by atoms with Gasteiger partial charge in [-0.25, -0.2) is 19.9 Å². The number of hydrogen-bond donors (Lipinski definition) is 2. The molecule has 11 nitrogen and oxygen atoms in total. The van der Waals surface area contributed by atoms with Crippen LogP contribution in [0.2, 0.25) is 0 Å². The maximum atomic E-state index is 12.2. The number of imidazole rings is 1. The number of thiophene rings is 1. The molecule has 2 aliphatic rings. The van der Waals surface area contributed by atoms with Crippen LogP contribution in [0.1, 0.15) is 23.2 Å². The van der Waals surface area contributed by atoms with E-state index in [2.05, 4.69) is 31.7 Å². The van der Waals surface area contributed by atoms with Gasteiger partial charge >= 0.3 is 0 Å². The van der Waals surface area contributed by atoms with Gasteiger partial charge in [-0.05, 0) is 32.4 Å². The number of ether oxygens (including phenoxy) is 1. The number of hydrogen-bond acceptors (Lipinski definition) is 10. The zero-order valence-corrected chi connectivity index (χ0v) is 22.7. The molecular weight excluding hydrogens is 504 g/mol. The fourth-order valence-electron chi connectivity index (χ4n) is 5.12. The van der Waals surface area contributed by atoms with E-state index in [0.717, 1.165) is 71.2 Å². The van der Waals surface area contributed by atoms with E-state index in [0.29, 0.717) is 37.8 Å². The number of aryl methyl sites for hydroxylation is 2. The van der Waals surface area contributed by atoms with E-state index in [1.165, 1.54) is 11.8 Å². The number of amides is 1. The lowest BCUT2D eigenvalue weighted by Gasteiger charge is -2.35. The minimum Gasteiger partial charge on any atom is -0.384 e. The number of nitrogens with one attached hydrogen (secondary N) is 1. The average Bonchev–Trinajstić information content (AvgIpc) is 3.46. The van der Waals surface area contributed by atoms with Crippen LogP contribution < -0.4 is 4.90 Å². The first kappa shape index (κ1) is 25.1. The van der Waals surface area contributed by atoms with E-state index in [-0.39, 0.29) is 5.91 Å². The maximum absolute atomic E-state index is 12.2. The predicted octanol–water partition coefficient (Wildman–Crippen LogP) is 2.11. The zero-order chi connectivity index (χ0) is 26.4. The van der Waals surface area contributed by atoms with Crippen molar-refractivity contribution in [1.82, 2.24) is 34.7 Å². The van der Waals surface area contributed by atoms with Gasteiger partial charge in [-0.15, -0.1) is 11.3 Å². The fraction of sp³-hybridized carbons (Fsp3) is 0.500. The van der Waals surface area contributed by atoms with Crippen LogP contribution in [0.5, 0.6) is 0 Å². The van der Waals surface area contributed by atoms with Crippen LogP contribution in [-0.2, 0) is 16.1 Å². The molecule has 4 aromatic rings. The van der Waals surface area contributed by atoms with Crippen LogP contribution in [-0.4, -0.2) is 104 Å². The second-order valence-corrected chi connectivity index (χ2v) is 11.1. The van der Waals surface area contributed by atoms with Crippen LogP contribution >= 0.6 is 11.3 Å². The van der Waals surface area contributed by atoms with Gasteiger partial charge in [0.15, 0.2) is 17.3 Å². The molecule has 0 aromatic carbocycles. The quantitative estimate of drug-likeness (QED) is 0.395. The Morgan fingerprint density at radius 2 is 1.89 bits per heavy atom. The summed E-state index contributed by atoms with van der Waals surface area (Å²) in [6.45, 7) is 12.1. The molecule has 4 aromatic heterocycles. The van der Waals surface area contributed by atoms with Crippen LogP contribution in [0.3, 0.4) is 0 Å². The first-order valence-electron chi connectivity index (χ1n) is 13.0. The molecule has 0 saturated carbocycles. The first-order chi connectivity index (χ1) is 18.4. The highest BCUT2D eigenvalue weighted by atomic mass is 32.1. The Bertz CT molecular complexity index is 1480. The third kappa shape index (κ3) is 4.73. The number of nitrogens with zero attached hydrogens (tertiary/aromatic N) is 7. The van der Waals surface area contributed by atoms with Crippen molar-refractivity contribution in [2.24, 2.45) is 0 Å². The van der Waals surface area contributed by atoms with E-state index in [4.69, 9.17) is 14.7 Å². The lowest BCUT2D eigenvalue weighted by Crippen LogP contribution is -2.50. The second kappa shape index (κ2) is 10.2. The Labute approximate surface area is 224 Å². The Morgan fingerprint density at radius 3 is 2.63 bits per heavy atom. The molecule has 0 bridgehead atoms. The Morgan fingerprint density at radius 1 is 1.13 bits per heavy atom. The molecule has 38 heavy (non-hydrogen) atoms. The van der Waals surface area contributed by atoms with Gasteiger partial charge in [-0.1, -0.05) is 0 Å². The summed E-state index contributed by atoms with van der Waals surface area (Å²) >= 11 is 1.76. The highest BCUT2D eigenvalue weighted by Crippen LogP contribution is 2.38. The van der Waals surface area contributed by atoms with Gasteiger partial charge in [0.25, 0.3) is 5.91 Å². The number of morpholine rings is 1. The van der Waals surface area contributed by atoms with Crippen molar-refractivity contribution in [2.45, 2.75) is 33.4 Å². The number of pyridine rings is 1. The smallest absolute Gasteiger partial charge is 0.251 e. The fourth-order valence-corrected chi connectivity index (χ4v) is 6.43. The number of aromatic amines is 1. The molecule has 200 valence electrons. The number of aliphatic hydroxyl groups excluding tert-OH is 1. The number of carbonyl (C=O) groups is 1. The van der Waals surface area contributed by atoms with Gasteiger partial charge in [0.05, 0.1) is 28.9 Å². The van der Waals surface area contributed by atoms with Gasteiger partial charge in [-0.2, -0.15) is 0 Å². The van der Waals surface area contributed by atoms with Crippen molar-refractivity contribution < 1.29 is 14.6 Å². The molecule has 2 saturated heterocycles. The van der Waals surface area contributed by atoms with Gasteiger partial charge in [0.1, 0.15) is 11.9 Å². The van der Waals surface area contributed by atoms with Gasteiger partial charge < -0.3 is 24.6 Å². The van der Waals surface area contributed by atoms with Crippen LogP contribution in [0.15, 0.2) is 12.3 Å². The van der Waals surface area contributed by atoms with E-state index in [1.807, 2.05) is 13.0 Å². The summed E-state index contributed by atoms with van der Waals surface area (Å²) in [5.74, 6) is 2.22. The molecule has 0 aliphatic carbocycles. The molecule has 6 heterocycles. The summed E-state index contributed by atoms with van der Waals surface area (Å²) in [6.07, 6.45) is 0.842. The standard InChI is InChI=1S/C26H32N8O3S/c1-15-20(14-32-4-6-34(7-5-32)26(36)16(2)35)38-22-21(15)30-23(31-25(22)33-8-10-37-11-9-33)18-12-19-24(27-13-18)29-17(3)28-19/h12-13,16,35H,4-11,14H2,1-3H3,(H,27,28,29). The molecule has 2 N–H and O–H groups in total. The molecule has 1 unspecified atom stereocenters. The SMILES string of the molecule is Cc1nc2ncc(-c3nc(N4CCOCC4)c4sc(CN5CCN(C(=O)C(C)O)CC5)c(C)c4n3)cc2[nH]1. The summed E-state index contributed by atoms with van der Waals surface area (Å²) in [5.41, 5.74) is 4.54. The Balaban J connectivity index is 1.34. The molecule has 2 aliphatic heterocycles. The lowest BCUT2D eigenvalue weighted by molar-refractivity contribution is -0.141. The topological polar surface area (TPSA) is 124 Å². The normalized spacial score (nSPS) is 18.0. The average molecular weight is 537 g/mol. The summed E-state index contributed by atoms with van der Waals surface area (Å²) in [4.78, 5) is 42.2. The van der Waals surface area contributed by atoms with Crippen molar-refractivity contribution in [3.8, 4) is 11.4 Å². The van der Waals surface area contributed by atoms with E-state index < -0.39 is 6.10 Å². The first-order valence-corrected chi connectivity index (χ1v) is 13.8. The molecule has 6 rings (SSSR count). The minimum absolute atomic E-state index is 0.196. The van der Waals surface area contributed by atoms with Crippen molar-refractivity contribution >= 4 is 44.4 Å². The number of fused-ring (bicyclic) bond motifs is 2. The molecule has 1 amide bonds. The largest absolute Gasteiger partial charge is 0.384 e. The molecule has 0 spiro atoms. The molecule has 1 atom stereocenters. The summed E-state index contributed by atoms with van der Waals surface area (Å²) < 4.78 is 6.71. The molecule has 12 heteroatoms. The van der Waals surface area contributed by atoms with Gasteiger partial charge in [0.2, 0.25) is 0 Å². The molecule has 2 fully saturated rings. The van der Waals surface area contributed by atoms with Crippen molar-refractivity contribution in [2.75, 3.05) is 57.4 Å². The number of anilines is 1. The number of aromatic nitrogens is 5. The number of rotatable bonds is 5. The van der Waals surface area contributed by atoms with Crippen molar-refractivity contribution in [3.05, 3.63) is 28.5 Å². The summed E-state index contributed by atoms with van der Waals surface area (Å²) in [6, 6.07) is 2.02. The lowest BCUT2D eigenvalue weighted by atomic mass is 10.2. The number of aliphatic hydroxyl groups is 1. The van der Waals surface area contributed by atoms with Crippen LogP contribution in [0, 0.1) is 13.8 Å². The van der Waals surface area contributed by atoms with E-state index in [1.54, 1.807) is 22.4 Å². The Kier molecular flexibility index (Phi) is 6.72. The maximum Gasteiger partial charge on any atom is 0.251 e. The number of H-pyrrole nitrogens is 1. The third-order valence-corrected chi connectivity index (χ3v) is 8.54. The molecule has 0 radical (unpaired) electrons. The second-order valence-electron chi connectivity index (χ2n) is 9.99.